The third-order valence-electron chi connectivity index (χ3n) is 1.98. The van der Waals surface area contributed by atoms with E-state index in [9.17, 15) is 4.79 Å². The fourth-order valence-electron chi connectivity index (χ4n) is 1.16. The molecule has 0 saturated heterocycles. The van der Waals surface area contributed by atoms with E-state index in [0.717, 1.165) is 12.8 Å². The summed E-state index contributed by atoms with van der Waals surface area (Å²) in [7, 11) is 0. The molecule has 78 valence electrons. The van der Waals surface area contributed by atoms with E-state index >= 15 is 0 Å². The largest absolute Gasteiger partial charge is 0.465 e. The summed E-state index contributed by atoms with van der Waals surface area (Å²) in [5, 5.41) is 0. The molecule has 0 amide bonds. The van der Waals surface area contributed by atoms with Gasteiger partial charge >= 0.3 is 5.97 Å². The topological polar surface area (TPSA) is 26.3 Å². The van der Waals surface area contributed by atoms with Crippen molar-refractivity contribution in [2.45, 2.75) is 47.5 Å². The lowest BCUT2D eigenvalue weighted by atomic mass is 9.88. The summed E-state index contributed by atoms with van der Waals surface area (Å²) < 4.78 is 5.18. The van der Waals surface area contributed by atoms with Crippen molar-refractivity contribution in [3.05, 3.63) is 0 Å². The molecule has 0 rings (SSSR count). The van der Waals surface area contributed by atoms with E-state index in [1.54, 1.807) is 0 Å². The molecule has 2 nitrogen and oxygen atoms in total. The Morgan fingerprint density at radius 1 is 1.38 bits per heavy atom. The molecule has 0 heterocycles. The number of rotatable bonds is 5. The SMILES string of the molecule is CCCC(C)(C)C(=O)OCC(C)C. The monoisotopic (exact) mass is 186 g/mol. The number of esters is 1. The van der Waals surface area contributed by atoms with Crippen molar-refractivity contribution in [3.63, 3.8) is 0 Å². The molecular formula is C11H22O2. The average Bonchev–Trinajstić information content (AvgIpc) is 1.99. The van der Waals surface area contributed by atoms with Gasteiger partial charge in [0.05, 0.1) is 12.0 Å². The summed E-state index contributed by atoms with van der Waals surface area (Å²) in [4.78, 5) is 11.5. The van der Waals surface area contributed by atoms with E-state index < -0.39 is 0 Å². The van der Waals surface area contributed by atoms with Crippen LogP contribution < -0.4 is 0 Å². The molecule has 0 radical (unpaired) electrons. The van der Waals surface area contributed by atoms with E-state index in [-0.39, 0.29) is 11.4 Å². The van der Waals surface area contributed by atoms with Crippen LogP contribution in [0.15, 0.2) is 0 Å². The van der Waals surface area contributed by atoms with Gasteiger partial charge in [-0.05, 0) is 26.2 Å². The lowest BCUT2D eigenvalue weighted by Gasteiger charge is -2.22. The third kappa shape index (κ3) is 4.91. The van der Waals surface area contributed by atoms with E-state index in [0.29, 0.717) is 12.5 Å². The highest BCUT2D eigenvalue weighted by Gasteiger charge is 2.28. The standard InChI is InChI=1S/C11H22O2/c1-6-7-11(4,5)10(12)13-8-9(2)3/h9H,6-8H2,1-5H3. The minimum atomic E-state index is -0.316. The first-order valence-electron chi connectivity index (χ1n) is 5.07. The van der Waals surface area contributed by atoms with Gasteiger partial charge in [0.15, 0.2) is 0 Å². The Bertz CT molecular complexity index is 159. The first-order chi connectivity index (χ1) is 5.90. The van der Waals surface area contributed by atoms with Crippen molar-refractivity contribution in [1.29, 1.82) is 0 Å². The second kappa shape index (κ2) is 5.25. The summed E-state index contributed by atoms with van der Waals surface area (Å²) in [6.07, 6.45) is 1.91. The highest BCUT2D eigenvalue weighted by Crippen LogP contribution is 2.23. The van der Waals surface area contributed by atoms with Gasteiger partial charge in [-0.3, -0.25) is 4.79 Å². The Morgan fingerprint density at radius 2 is 1.92 bits per heavy atom. The Hall–Kier alpha value is -0.530. The quantitative estimate of drug-likeness (QED) is 0.617. The van der Waals surface area contributed by atoms with Crippen LogP contribution in [0.2, 0.25) is 0 Å². The molecule has 0 saturated carbocycles. The van der Waals surface area contributed by atoms with Crippen LogP contribution in [0.3, 0.4) is 0 Å². The maximum absolute atomic E-state index is 11.5. The highest BCUT2D eigenvalue weighted by molar-refractivity contribution is 5.75. The molecule has 0 unspecified atom stereocenters. The Labute approximate surface area is 81.7 Å². The zero-order valence-corrected chi connectivity index (χ0v) is 9.52. The Balaban J connectivity index is 3.94. The molecule has 0 atom stereocenters. The normalized spacial score (nSPS) is 11.8. The maximum Gasteiger partial charge on any atom is 0.311 e. The molecule has 0 aromatic rings. The van der Waals surface area contributed by atoms with Gasteiger partial charge in [0.1, 0.15) is 0 Å². The molecule has 13 heavy (non-hydrogen) atoms. The average molecular weight is 186 g/mol. The molecule has 0 aliphatic carbocycles. The fraction of sp³-hybridized carbons (Fsp3) is 0.909. The van der Waals surface area contributed by atoms with Crippen LogP contribution in [-0.4, -0.2) is 12.6 Å². The van der Waals surface area contributed by atoms with Crippen LogP contribution in [0.1, 0.15) is 47.5 Å². The number of carbonyl (C=O) groups is 1. The first kappa shape index (κ1) is 12.5. The summed E-state index contributed by atoms with van der Waals surface area (Å²) in [6, 6.07) is 0. The zero-order valence-electron chi connectivity index (χ0n) is 9.52. The first-order valence-corrected chi connectivity index (χ1v) is 5.07. The minimum Gasteiger partial charge on any atom is -0.465 e. The van der Waals surface area contributed by atoms with Gasteiger partial charge in [-0.1, -0.05) is 27.2 Å². The maximum atomic E-state index is 11.5. The minimum absolute atomic E-state index is 0.0666. The second-order valence-corrected chi connectivity index (χ2v) is 4.63. The van der Waals surface area contributed by atoms with Gasteiger partial charge < -0.3 is 4.74 Å². The molecule has 0 aromatic heterocycles. The molecule has 0 fully saturated rings. The molecule has 0 spiro atoms. The van der Waals surface area contributed by atoms with Crippen molar-refractivity contribution >= 4 is 5.97 Å². The lowest BCUT2D eigenvalue weighted by molar-refractivity contribution is -0.155. The number of ether oxygens (including phenoxy) is 1. The lowest BCUT2D eigenvalue weighted by Crippen LogP contribution is -2.27. The molecule has 0 aliphatic heterocycles. The predicted octanol–water partition coefficient (Wildman–Crippen LogP) is 3.01. The van der Waals surface area contributed by atoms with Gasteiger partial charge in [-0.2, -0.15) is 0 Å². The molecule has 2 heteroatoms. The van der Waals surface area contributed by atoms with E-state index in [1.807, 2.05) is 27.7 Å². The third-order valence-corrected chi connectivity index (χ3v) is 1.98. The molecule has 0 bridgehead atoms. The molecule has 0 aliphatic rings. The summed E-state index contributed by atoms with van der Waals surface area (Å²) in [5.74, 6) is 0.351. The second-order valence-electron chi connectivity index (χ2n) is 4.63. The molecular weight excluding hydrogens is 164 g/mol. The predicted molar refractivity (Wildman–Crippen MR) is 54.5 cm³/mol. The zero-order chi connectivity index (χ0) is 10.5. The van der Waals surface area contributed by atoms with E-state index in [2.05, 4.69) is 6.92 Å². The number of carbonyl (C=O) groups excluding carboxylic acids is 1. The summed E-state index contributed by atoms with van der Waals surface area (Å²) in [6.45, 7) is 10.6. The van der Waals surface area contributed by atoms with Crippen LogP contribution in [0.25, 0.3) is 0 Å². The fourth-order valence-corrected chi connectivity index (χ4v) is 1.16. The number of hydrogen-bond acceptors (Lipinski definition) is 2. The van der Waals surface area contributed by atoms with Gasteiger partial charge in [-0.15, -0.1) is 0 Å². The smallest absolute Gasteiger partial charge is 0.311 e. The van der Waals surface area contributed by atoms with Crippen LogP contribution in [0.5, 0.6) is 0 Å². The van der Waals surface area contributed by atoms with Gasteiger partial charge in [0.25, 0.3) is 0 Å². The Morgan fingerprint density at radius 3 is 2.31 bits per heavy atom. The highest BCUT2D eigenvalue weighted by atomic mass is 16.5. The van der Waals surface area contributed by atoms with Crippen molar-refractivity contribution in [1.82, 2.24) is 0 Å². The van der Waals surface area contributed by atoms with Gasteiger partial charge in [-0.25, -0.2) is 0 Å². The van der Waals surface area contributed by atoms with Crippen molar-refractivity contribution in [2.24, 2.45) is 11.3 Å². The van der Waals surface area contributed by atoms with Crippen molar-refractivity contribution in [3.8, 4) is 0 Å². The molecule has 0 aromatic carbocycles. The molecule has 0 N–H and O–H groups in total. The van der Waals surface area contributed by atoms with Crippen LogP contribution in [-0.2, 0) is 9.53 Å². The van der Waals surface area contributed by atoms with Crippen LogP contribution in [0.4, 0.5) is 0 Å². The van der Waals surface area contributed by atoms with Gasteiger partial charge in [0.2, 0.25) is 0 Å². The van der Waals surface area contributed by atoms with Gasteiger partial charge in [0, 0.05) is 0 Å². The van der Waals surface area contributed by atoms with E-state index in [1.165, 1.54) is 0 Å². The number of hydrogen-bond donors (Lipinski definition) is 0. The van der Waals surface area contributed by atoms with Crippen molar-refractivity contribution < 1.29 is 9.53 Å². The van der Waals surface area contributed by atoms with Crippen LogP contribution in [0, 0.1) is 11.3 Å². The Kier molecular flexibility index (Phi) is 5.04. The van der Waals surface area contributed by atoms with E-state index in [4.69, 9.17) is 4.74 Å². The summed E-state index contributed by atoms with van der Waals surface area (Å²) in [5.41, 5.74) is -0.316. The summed E-state index contributed by atoms with van der Waals surface area (Å²) >= 11 is 0. The van der Waals surface area contributed by atoms with Crippen LogP contribution >= 0.6 is 0 Å². The van der Waals surface area contributed by atoms with Crippen molar-refractivity contribution in [2.75, 3.05) is 6.61 Å².